The zero-order valence-corrected chi connectivity index (χ0v) is 18.2. The lowest BCUT2D eigenvalue weighted by atomic mass is 9.97. The van der Waals surface area contributed by atoms with Gasteiger partial charge < -0.3 is 5.11 Å². The molecule has 5 heteroatoms. The molecule has 0 aliphatic carbocycles. The second kappa shape index (κ2) is 7.58. The summed E-state index contributed by atoms with van der Waals surface area (Å²) < 4.78 is 0. The van der Waals surface area contributed by atoms with E-state index in [-0.39, 0.29) is 11.3 Å². The Bertz CT molecular complexity index is 1190. The van der Waals surface area contributed by atoms with Crippen LogP contribution in [0.2, 0.25) is 0 Å². The summed E-state index contributed by atoms with van der Waals surface area (Å²) in [7, 11) is 0. The lowest BCUT2D eigenvalue weighted by Gasteiger charge is -2.25. The molecule has 1 saturated heterocycles. The van der Waals surface area contributed by atoms with Gasteiger partial charge in [0, 0.05) is 16.1 Å². The molecule has 0 spiro atoms. The van der Waals surface area contributed by atoms with Crippen LogP contribution in [-0.4, -0.2) is 16.8 Å². The van der Waals surface area contributed by atoms with Crippen LogP contribution in [0.25, 0.3) is 5.76 Å². The Kier molecular flexibility index (Phi) is 5.08. The summed E-state index contributed by atoms with van der Waals surface area (Å²) in [6, 6.07) is 14.4. The number of hydrogen-bond acceptors (Lipinski definition) is 4. The average Bonchev–Trinajstić information content (AvgIpc) is 3.33. The summed E-state index contributed by atoms with van der Waals surface area (Å²) in [5, 5.41) is 13.0. The van der Waals surface area contributed by atoms with Crippen LogP contribution in [0.5, 0.6) is 0 Å². The number of hydrogen-bond donors (Lipinski definition) is 1. The van der Waals surface area contributed by atoms with Gasteiger partial charge in [-0.25, -0.2) is 0 Å². The van der Waals surface area contributed by atoms with Gasteiger partial charge in [-0.05, 0) is 79.6 Å². The summed E-state index contributed by atoms with van der Waals surface area (Å²) in [6.07, 6.45) is 0. The van der Waals surface area contributed by atoms with Crippen molar-refractivity contribution in [2.24, 2.45) is 0 Å². The number of carbonyl (C=O) groups is 2. The highest BCUT2D eigenvalue weighted by atomic mass is 32.1. The second-order valence-corrected chi connectivity index (χ2v) is 8.73. The molecule has 2 aromatic carbocycles. The van der Waals surface area contributed by atoms with Crippen LogP contribution in [-0.2, 0) is 9.59 Å². The van der Waals surface area contributed by atoms with Gasteiger partial charge in [-0.3, -0.25) is 14.5 Å². The minimum absolute atomic E-state index is 0.129. The van der Waals surface area contributed by atoms with Gasteiger partial charge >= 0.3 is 0 Å². The van der Waals surface area contributed by atoms with E-state index in [0.717, 1.165) is 27.1 Å². The first-order valence-electron chi connectivity index (χ1n) is 9.79. The van der Waals surface area contributed by atoms with E-state index in [2.05, 4.69) is 0 Å². The van der Waals surface area contributed by atoms with Gasteiger partial charge in [0.15, 0.2) is 0 Å². The molecule has 1 unspecified atom stereocenters. The average molecular weight is 418 g/mol. The first-order valence-corrected chi connectivity index (χ1v) is 10.7. The molecule has 3 aromatic rings. The number of amides is 1. The van der Waals surface area contributed by atoms with E-state index in [1.165, 1.54) is 16.2 Å². The molecular formula is C25H23NO3S. The third-order valence-electron chi connectivity index (χ3n) is 5.81. The molecule has 152 valence electrons. The van der Waals surface area contributed by atoms with Crippen LogP contribution in [0.3, 0.4) is 0 Å². The Morgan fingerprint density at radius 3 is 2.17 bits per heavy atom. The van der Waals surface area contributed by atoms with Gasteiger partial charge in [0.1, 0.15) is 11.8 Å². The molecule has 2 heterocycles. The zero-order chi connectivity index (χ0) is 21.6. The number of rotatable bonds is 3. The van der Waals surface area contributed by atoms with Gasteiger partial charge in [0.25, 0.3) is 11.7 Å². The number of nitrogens with zero attached hydrogens (tertiary/aromatic N) is 1. The van der Waals surface area contributed by atoms with E-state index in [4.69, 9.17) is 0 Å². The molecule has 1 atom stereocenters. The van der Waals surface area contributed by atoms with Crippen LogP contribution in [0.1, 0.15) is 38.7 Å². The Morgan fingerprint density at radius 2 is 1.57 bits per heavy atom. The number of benzene rings is 2. The molecule has 0 bridgehead atoms. The maximum Gasteiger partial charge on any atom is 0.300 e. The molecule has 1 N–H and O–H groups in total. The van der Waals surface area contributed by atoms with Crippen LogP contribution in [0.15, 0.2) is 59.5 Å². The van der Waals surface area contributed by atoms with Crippen LogP contribution in [0, 0.1) is 27.7 Å². The molecule has 0 saturated carbocycles. The Balaban J connectivity index is 1.93. The fourth-order valence-corrected chi connectivity index (χ4v) is 4.56. The normalized spacial score (nSPS) is 18.3. The number of ketones is 1. The molecule has 4 rings (SSSR count). The van der Waals surface area contributed by atoms with Crippen LogP contribution < -0.4 is 4.90 Å². The molecule has 1 aliphatic heterocycles. The Hall–Kier alpha value is -3.18. The number of thiophene rings is 1. The van der Waals surface area contributed by atoms with Crippen molar-refractivity contribution < 1.29 is 14.7 Å². The Labute approximate surface area is 180 Å². The maximum atomic E-state index is 13.1. The topological polar surface area (TPSA) is 57.6 Å². The molecule has 0 radical (unpaired) electrons. The number of aliphatic hydroxyl groups is 1. The fraction of sp³-hybridized carbons (Fsp3) is 0.200. The summed E-state index contributed by atoms with van der Waals surface area (Å²) in [4.78, 5) is 28.6. The van der Waals surface area contributed by atoms with E-state index >= 15 is 0 Å². The van der Waals surface area contributed by atoms with Crippen molar-refractivity contribution in [3.05, 3.63) is 92.2 Å². The van der Waals surface area contributed by atoms with Gasteiger partial charge in [-0.15, -0.1) is 11.3 Å². The van der Waals surface area contributed by atoms with Crippen molar-refractivity contribution in [1.29, 1.82) is 0 Å². The van der Waals surface area contributed by atoms with E-state index < -0.39 is 17.7 Å². The summed E-state index contributed by atoms with van der Waals surface area (Å²) in [6.45, 7) is 7.92. The highest BCUT2D eigenvalue weighted by molar-refractivity contribution is 7.10. The summed E-state index contributed by atoms with van der Waals surface area (Å²) >= 11 is 1.46. The number of Topliss-reactive ketones (excluding diaryl/α,β-unsaturated/α-hetero) is 1. The second-order valence-electron chi connectivity index (χ2n) is 7.75. The first kappa shape index (κ1) is 20.1. The third kappa shape index (κ3) is 3.25. The molecule has 1 aromatic heterocycles. The van der Waals surface area contributed by atoms with E-state index in [9.17, 15) is 14.7 Å². The number of aliphatic hydroxyl groups excluding tert-OH is 1. The molecule has 1 fully saturated rings. The SMILES string of the molecule is Cc1ccc(/C(O)=C2/C(=O)C(=O)N(c3ccc(C)c(C)c3)C2c2cccs2)cc1C. The minimum Gasteiger partial charge on any atom is -0.507 e. The number of aryl methyl sites for hydroxylation is 4. The Morgan fingerprint density at radius 1 is 0.900 bits per heavy atom. The van der Waals surface area contributed by atoms with Crippen molar-refractivity contribution in [3.8, 4) is 0 Å². The molecular weight excluding hydrogens is 394 g/mol. The summed E-state index contributed by atoms with van der Waals surface area (Å²) in [5.41, 5.74) is 5.57. The molecule has 1 aliphatic rings. The molecule has 4 nitrogen and oxygen atoms in total. The van der Waals surface area contributed by atoms with E-state index in [1.54, 1.807) is 6.07 Å². The smallest absolute Gasteiger partial charge is 0.300 e. The lowest BCUT2D eigenvalue weighted by molar-refractivity contribution is -0.132. The first-order chi connectivity index (χ1) is 14.3. The largest absolute Gasteiger partial charge is 0.507 e. The van der Waals surface area contributed by atoms with Gasteiger partial charge in [0.2, 0.25) is 0 Å². The molecule has 30 heavy (non-hydrogen) atoms. The van der Waals surface area contributed by atoms with E-state index in [1.807, 2.05) is 75.5 Å². The van der Waals surface area contributed by atoms with Gasteiger partial charge in [0.05, 0.1) is 5.57 Å². The number of carbonyl (C=O) groups excluding carboxylic acids is 2. The number of anilines is 1. The van der Waals surface area contributed by atoms with Crippen molar-refractivity contribution in [1.82, 2.24) is 0 Å². The van der Waals surface area contributed by atoms with Crippen LogP contribution in [0.4, 0.5) is 5.69 Å². The lowest BCUT2D eigenvalue weighted by Crippen LogP contribution is -2.29. The predicted molar refractivity (Wildman–Crippen MR) is 121 cm³/mol. The third-order valence-corrected chi connectivity index (χ3v) is 6.73. The van der Waals surface area contributed by atoms with Gasteiger partial charge in [-0.2, -0.15) is 0 Å². The maximum absolute atomic E-state index is 13.1. The predicted octanol–water partition coefficient (Wildman–Crippen LogP) is 5.61. The van der Waals surface area contributed by atoms with E-state index in [0.29, 0.717) is 11.3 Å². The highest BCUT2D eigenvalue weighted by Gasteiger charge is 2.47. The quantitative estimate of drug-likeness (QED) is 0.342. The zero-order valence-electron chi connectivity index (χ0n) is 17.4. The standard InChI is InChI=1S/C25H23NO3S/c1-14-7-9-18(12-16(14)3)23(27)21-22(20-6-5-11-30-20)26(25(29)24(21)28)19-10-8-15(2)17(4)13-19/h5-13,22,27H,1-4H3/b23-21-. The highest BCUT2D eigenvalue weighted by Crippen LogP contribution is 2.43. The van der Waals surface area contributed by atoms with Crippen molar-refractivity contribution >= 4 is 34.5 Å². The van der Waals surface area contributed by atoms with Crippen molar-refractivity contribution in [2.75, 3.05) is 4.90 Å². The molecule has 1 amide bonds. The fourth-order valence-electron chi connectivity index (χ4n) is 3.73. The van der Waals surface area contributed by atoms with Crippen LogP contribution >= 0.6 is 11.3 Å². The van der Waals surface area contributed by atoms with Crippen molar-refractivity contribution in [3.63, 3.8) is 0 Å². The monoisotopic (exact) mass is 417 g/mol. The van der Waals surface area contributed by atoms with Gasteiger partial charge in [-0.1, -0.05) is 24.3 Å². The minimum atomic E-state index is -0.664. The van der Waals surface area contributed by atoms with Crippen molar-refractivity contribution in [2.45, 2.75) is 33.7 Å². The summed E-state index contributed by atoms with van der Waals surface area (Å²) in [5.74, 6) is -1.43.